The van der Waals surface area contributed by atoms with Gasteiger partial charge >= 0.3 is 5.95 Å². The highest BCUT2D eigenvalue weighted by atomic mass is 16.5. The molecule has 1 aromatic heterocycles. The van der Waals surface area contributed by atoms with Crippen LogP contribution in [0.1, 0.15) is 51.9 Å². The Hall–Kier alpha value is -1.52. The van der Waals surface area contributed by atoms with Crippen LogP contribution < -0.4 is 15.8 Å². The van der Waals surface area contributed by atoms with Crippen molar-refractivity contribution in [3.8, 4) is 0 Å². The minimum atomic E-state index is -0.0143. The summed E-state index contributed by atoms with van der Waals surface area (Å²) in [4.78, 5) is 3.71. The van der Waals surface area contributed by atoms with E-state index in [9.17, 15) is 5.21 Å². The summed E-state index contributed by atoms with van der Waals surface area (Å²) in [6.07, 6.45) is 10.4. The third-order valence-corrected chi connectivity index (χ3v) is 2.95. The highest BCUT2D eigenvalue weighted by molar-refractivity contribution is 5.29. The van der Waals surface area contributed by atoms with E-state index in [1.54, 1.807) is 6.07 Å². The van der Waals surface area contributed by atoms with Crippen LogP contribution in [-0.2, 0) is 0 Å². The van der Waals surface area contributed by atoms with Crippen LogP contribution in [0.4, 0.5) is 11.8 Å². The standard InChI is InChI=1S/C13H24N4O/c1-2-3-4-5-6-7-8-10-15-12-9-11-16-13(14)17(12)18/h9,11,15H,2-8,10H2,1H3,(H2,14,16). The van der Waals surface area contributed by atoms with Crippen LogP contribution in [0.25, 0.3) is 0 Å². The van der Waals surface area contributed by atoms with Gasteiger partial charge in [-0.05, 0) is 6.42 Å². The molecule has 0 aliphatic rings. The van der Waals surface area contributed by atoms with Crippen molar-refractivity contribution in [3.05, 3.63) is 17.5 Å². The van der Waals surface area contributed by atoms with Crippen LogP contribution in [0.2, 0.25) is 0 Å². The molecule has 5 nitrogen and oxygen atoms in total. The molecule has 0 aromatic carbocycles. The number of nitrogens with zero attached hydrogens (tertiary/aromatic N) is 2. The number of nitrogens with two attached hydrogens (primary N) is 1. The summed E-state index contributed by atoms with van der Waals surface area (Å²) in [7, 11) is 0. The molecule has 0 atom stereocenters. The maximum atomic E-state index is 11.5. The normalized spacial score (nSPS) is 10.5. The molecule has 5 heteroatoms. The fraction of sp³-hybridized carbons (Fsp3) is 0.692. The highest BCUT2D eigenvalue weighted by Gasteiger charge is 2.03. The van der Waals surface area contributed by atoms with E-state index in [2.05, 4.69) is 17.2 Å². The summed E-state index contributed by atoms with van der Waals surface area (Å²) >= 11 is 0. The Balaban J connectivity index is 2.09. The van der Waals surface area contributed by atoms with E-state index in [0.29, 0.717) is 10.5 Å². The number of hydrogen-bond donors (Lipinski definition) is 2. The molecule has 3 N–H and O–H groups in total. The third kappa shape index (κ3) is 5.21. The van der Waals surface area contributed by atoms with Crippen molar-refractivity contribution in [1.82, 2.24) is 4.98 Å². The Kier molecular flexibility index (Phi) is 6.91. The minimum Gasteiger partial charge on any atom is -0.754 e. The average molecular weight is 252 g/mol. The summed E-state index contributed by atoms with van der Waals surface area (Å²) in [5.41, 5.74) is 5.42. The molecule has 0 aliphatic heterocycles. The van der Waals surface area contributed by atoms with Gasteiger partial charge in [-0.3, -0.25) is 0 Å². The second-order valence-corrected chi connectivity index (χ2v) is 4.53. The van der Waals surface area contributed by atoms with Crippen LogP contribution in [0.5, 0.6) is 0 Å². The van der Waals surface area contributed by atoms with E-state index >= 15 is 0 Å². The van der Waals surface area contributed by atoms with Crippen molar-refractivity contribution in [1.29, 1.82) is 0 Å². The summed E-state index contributed by atoms with van der Waals surface area (Å²) in [5.74, 6) is 0.466. The second-order valence-electron chi connectivity index (χ2n) is 4.53. The molecular weight excluding hydrogens is 228 g/mol. The van der Waals surface area contributed by atoms with Crippen LogP contribution in [0.15, 0.2) is 12.3 Å². The first kappa shape index (κ1) is 14.5. The van der Waals surface area contributed by atoms with Gasteiger partial charge in [-0.2, -0.15) is 0 Å². The molecule has 0 fully saturated rings. The van der Waals surface area contributed by atoms with Crippen molar-refractivity contribution in [2.24, 2.45) is 0 Å². The number of nitrogens with one attached hydrogen (secondary N) is 1. The zero-order valence-corrected chi connectivity index (χ0v) is 11.2. The first-order chi connectivity index (χ1) is 8.75. The maximum absolute atomic E-state index is 11.5. The molecule has 1 heterocycles. The van der Waals surface area contributed by atoms with Gasteiger partial charge < -0.3 is 16.3 Å². The lowest BCUT2D eigenvalue weighted by Gasteiger charge is -2.12. The summed E-state index contributed by atoms with van der Waals surface area (Å²) in [5, 5.41) is 14.6. The predicted molar refractivity (Wildman–Crippen MR) is 74.1 cm³/mol. The molecule has 0 saturated carbocycles. The molecule has 0 saturated heterocycles. The first-order valence-electron chi connectivity index (χ1n) is 6.83. The SMILES string of the molecule is CCCCCCCCCNc1ccnc(N)[n+]1[O-]. The van der Waals surface area contributed by atoms with Gasteiger partial charge in [0.25, 0.3) is 0 Å². The predicted octanol–water partition coefficient (Wildman–Crippen LogP) is 2.46. The van der Waals surface area contributed by atoms with Gasteiger partial charge in [0.1, 0.15) is 0 Å². The van der Waals surface area contributed by atoms with Gasteiger partial charge in [0, 0.05) is 12.6 Å². The Labute approximate surface area is 109 Å². The first-order valence-corrected chi connectivity index (χ1v) is 6.83. The number of unbranched alkanes of at least 4 members (excludes halogenated alkanes) is 6. The Morgan fingerprint density at radius 1 is 1.22 bits per heavy atom. The number of aromatic nitrogens is 2. The molecule has 1 rings (SSSR count). The monoisotopic (exact) mass is 252 g/mol. The van der Waals surface area contributed by atoms with Crippen LogP contribution in [0, 0.1) is 5.21 Å². The Morgan fingerprint density at radius 2 is 1.89 bits per heavy atom. The molecular formula is C13H24N4O. The van der Waals surface area contributed by atoms with Gasteiger partial charge in [-0.1, -0.05) is 45.4 Å². The van der Waals surface area contributed by atoms with Crippen molar-refractivity contribution < 1.29 is 4.73 Å². The van der Waals surface area contributed by atoms with Crippen molar-refractivity contribution in [2.75, 3.05) is 17.6 Å². The molecule has 0 bridgehead atoms. The lowest BCUT2D eigenvalue weighted by atomic mass is 10.1. The van der Waals surface area contributed by atoms with E-state index in [4.69, 9.17) is 5.73 Å². The van der Waals surface area contributed by atoms with Crippen LogP contribution in [0.3, 0.4) is 0 Å². The summed E-state index contributed by atoms with van der Waals surface area (Å²) in [6.45, 7) is 3.03. The van der Waals surface area contributed by atoms with Crippen molar-refractivity contribution >= 4 is 11.8 Å². The summed E-state index contributed by atoms with van der Waals surface area (Å²) in [6, 6.07) is 1.64. The summed E-state index contributed by atoms with van der Waals surface area (Å²) < 4.78 is 0.626. The number of nitrogen functional groups attached to an aromatic ring is 1. The Bertz CT molecular complexity index is 344. The van der Waals surface area contributed by atoms with Gasteiger partial charge in [0.15, 0.2) is 5.82 Å². The van der Waals surface area contributed by atoms with Gasteiger partial charge in [0.2, 0.25) is 0 Å². The molecule has 102 valence electrons. The number of rotatable bonds is 9. The van der Waals surface area contributed by atoms with Gasteiger partial charge in [-0.25, -0.2) is 4.73 Å². The fourth-order valence-electron chi connectivity index (χ4n) is 1.86. The largest absolute Gasteiger partial charge is 0.754 e. The number of anilines is 2. The van der Waals surface area contributed by atoms with Crippen molar-refractivity contribution in [3.63, 3.8) is 0 Å². The van der Waals surface area contributed by atoms with E-state index in [0.717, 1.165) is 13.0 Å². The molecule has 0 amide bonds. The quantitative estimate of drug-likeness (QED) is 0.402. The van der Waals surface area contributed by atoms with Crippen LogP contribution >= 0.6 is 0 Å². The fourth-order valence-corrected chi connectivity index (χ4v) is 1.86. The van der Waals surface area contributed by atoms with E-state index in [1.165, 1.54) is 44.7 Å². The molecule has 0 aliphatic carbocycles. The molecule has 1 aromatic rings. The average Bonchev–Trinajstić information content (AvgIpc) is 2.37. The highest BCUT2D eigenvalue weighted by Crippen LogP contribution is 2.07. The van der Waals surface area contributed by atoms with Gasteiger partial charge in [0.05, 0.1) is 6.20 Å². The zero-order valence-electron chi connectivity index (χ0n) is 11.2. The van der Waals surface area contributed by atoms with Gasteiger partial charge in [-0.15, -0.1) is 4.98 Å². The lowest BCUT2D eigenvalue weighted by Crippen LogP contribution is -2.35. The van der Waals surface area contributed by atoms with E-state index in [1.807, 2.05) is 0 Å². The van der Waals surface area contributed by atoms with Crippen molar-refractivity contribution in [2.45, 2.75) is 51.9 Å². The zero-order chi connectivity index (χ0) is 13.2. The third-order valence-electron chi connectivity index (χ3n) is 2.95. The molecule has 0 radical (unpaired) electrons. The topological polar surface area (TPSA) is 77.9 Å². The Morgan fingerprint density at radius 3 is 2.61 bits per heavy atom. The second kappa shape index (κ2) is 8.55. The smallest absolute Gasteiger partial charge is 0.343 e. The molecule has 18 heavy (non-hydrogen) atoms. The van der Waals surface area contributed by atoms with E-state index in [-0.39, 0.29) is 5.95 Å². The van der Waals surface area contributed by atoms with Crippen LogP contribution in [-0.4, -0.2) is 11.5 Å². The molecule has 0 spiro atoms. The van der Waals surface area contributed by atoms with E-state index < -0.39 is 0 Å². The lowest BCUT2D eigenvalue weighted by molar-refractivity contribution is -0.577. The number of hydrogen-bond acceptors (Lipinski definition) is 4. The maximum Gasteiger partial charge on any atom is 0.343 e. The molecule has 0 unspecified atom stereocenters. The minimum absolute atomic E-state index is 0.0143.